The summed E-state index contributed by atoms with van der Waals surface area (Å²) in [5, 5.41) is 18.1. The van der Waals surface area contributed by atoms with Gasteiger partial charge in [0.1, 0.15) is 5.75 Å². The van der Waals surface area contributed by atoms with Gasteiger partial charge in [-0.2, -0.15) is 5.11 Å². The summed E-state index contributed by atoms with van der Waals surface area (Å²) in [6.07, 6.45) is 2.02. The number of rotatable bonds is 6. The lowest BCUT2D eigenvalue weighted by atomic mass is 10.2. The van der Waals surface area contributed by atoms with Gasteiger partial charge >= 0.3 is 0 Å². The summed E-state index contributed by atoms with van der Waals surface area (Å²) < 4.78 is 5.63. The van der Waals surface area contributed by atoms with Gasteiger partial charge in [-0.1, -0.05) is 37.6 Å². The van der Waals surface area contributed by atoms with Crippen molar-refractivity contribution >= 4 is 11.4 Å². The Morgan fingerprint density at radius 1 is 1.00 bits per heavy atom. The molecule has 0 saturated heterocycles. The highest BCUT2D eigenvalue weighted by molar-refractivity contribution is 5.61. The van der Waals surface area contributed by atoms with Crippen molar-refractivity contribution in [3.05, 3.63) is 48.5 Å². The zero-order valence-electron chi connectivity index (χ0n) is 11.5. The zero-order chi connectivity index (χ0) is 14.2. The lowest BCUT2D eigenvalue weighted by Crippen LogP contribution is -1.96. The second-order valence-electron chi connectivity index (χ2n) is 4.36. The summed E-state index contributed by atoms with van der Waals surface area (Å²) in [4.78, 5) is 0. The van der Waals surface area contributed by atoms with Gasteiger partial charge in [0.05, 0.1) is 12.3 Å². The molecular formula is C16H18N2O2. The lowest BCUT2D eigenvalue weighted by Gasteiger charge is -2.08. The molecular weight excluding hydrogens is 252 g/mol. The number of aromatic hydroxyl groups is 1. The Morgan fingerprint density at radius 3 is 2.55 bits per heavy atom. The first-order valence-electron chi connectivity index (χ1n) is 6.73. The Kier molecular flexibility index (Phi) is 5.12. The molecule has 4 heteroatoms. The van der Waals surface area contributed by atoms with Crippen molar-refractivity contribution in [2.45, 2.75) is 19.8 Å². The Labute approximate surface area is 118 Å². The number of phenolic OH excluding ortho intramolecular Hbond substituents is 1. The summed E-state index contributed by atoms with van der Waals surface area (Å²) in [6.45, 7) is 2.70. The van der Waals surface area contributed by atoms with Crippen LogP contribution in [-0.2, 0) is 0 Å². The number of hydrogen-bond acceptors (Lipinski definition) is 4. The van der Waals surface area contributed by atoms with Gasteiger partial charge in [0.25, 0.3) is 0 Å². The number of phenols is 1. The van der Waals surface area contributed by atoms with Crippen LogP contribution in [0.5, 0.6) is 11.5 Å². The lowest BCUT2D eigenvalue weighted by molar-refractivity contribution is 0.309. The minimum absolute atomic E-state index is 0.0682. The minimum atomic E-state index is 0.0682. The highest BCUT2D eigenvalue weighted by atomic mass is 16.5. The maximum absolute atomic E-state index is 9.89. The Hall–Kier alpha value is -2.36. The maximum Gasteiger partial charge on any atom is 0.169 e. The van der Waals surface area contributed by atoms with Crippen LogP contribution in [0.25, 0.3) is 0 Å². The summed E-state index contributed by atoms with van der Waals surface area (Å²) >= 11 is 0. The van der Waals surface area contributed by atoms with E-state index in [4.69, 9.17) is 4.74 Å². The van der Waals surface area contributed by atoms with Crippen LogP contribution in [0.4, 0.5) is 11.4 Å². The predicted octanol–water partition coefficient (Wildman–Crippen LogP) is 4.99. The van der Waals surface area contributed by atoms with Gasteiger partial charge in [0.2, 0.25) is 0 Å². The molecule has 0 spiro atoms. The molecule has 20 heavy (non-hydrogen) atoms. The molecule has 2 aromatic rings. The van der Waals surface area contributed by atoms with E-state index >= 15 is 0 Å². The van der Waals surface area contributed by atoms with Crippen molar-refractivity contribution in [1.29, 1.82) is 0 Å². The van der Waals surface area contributed by atoms with Gasteiger partial charge < -0.3 is 9.84 Å². The number of unbranched alkanes of at least 4 members (excludes halogenated alkanes) is 1. The molecule has 0 radical (unpaired) electrons. The van der Waals surface area contributed by atoms with Crippen LogP contribution in [0.1, 0.15) is 19.8 Å². The van der Waals surface area contributed by atoms with Crippen molar-refractivity contribution in [3.63, 3.8) is 0 Å². The third-order valence-corrected chi connectivity index (χ3v) is 2.75. The van der Waals surface area contributed by atoms with Crippen LogP contribution in [0.2, 0.25) is 0 Å². The van der Waals surface area contributed by atoms with Gasteiger partial charge in [-0.15, -0.1) is 5.11 Å². The smallest absolute Gasteiger partial charge is 0.169 e. The Balaban J connectivity index is 2.19. The first kappa shape index (κ1) is 14.1. The number of azo groups is 1. The molecule has 0 fully saturated rings. The number of nitrogens with zero attached hydrogens (tertiary/aromatic N) is 2. The molecule has 0 aliphatic rings. The standard InChI is InChI=1S/C16H18N2O2/c1-2-3-12-20-15-11-7-10-14(19)16(15)18-17-13-8-5-4-6-9-13/h4-11,19H,2-3,12H2,1H3. The fourth-order valence-electron chi connectivity index (χ4n) is 1.66. The van der Waals surface area contributed by atoms with Crippen LogP contribution in [0, 0.1) is 0 Å². The van der Waals surface area contributed by atoms with E-state index < -0.39 is 0 Å². The predicted molar refractivity (Wildman–Crippen MR) is 79.1 cm³/mol. The van der Waals surface area contributed by atoms with E-state index in [0.29, 0.717) is 18.0 Å². The number of benzene rings is 2. The van der Waals surface area contributed by atoms with Crippen LogP contribution < -0.4 is 4.74 Å². The maximum atomic E-state index is 9.89. The minimum Gasteiger partial charge on any atom is -0.505 e. The first-order chi connectivity index (χ1) is 9.81. The van der Waals surface area contributed by atoms with Crippen molar-refractivity contribution < 1.29 is 9.84 Å². The zero-order valence-corrected chi connectivity index (χ0v) is 11.5. The van der Waals surface area contributed by atoms with Crippen LogP contribution in [0.3, 0.4) is 0 Å². The van der Waals surface area contributed by atoms with Crippen molar-refractivity contribution in [2.75, 3.05) is 6.61 Å². The Morgan fingerprint density at radius 2 is 1.80 bits per heavy atom. The van der Waals surface area contributed by atoms with Gasteiger partial charge in [-0.3, -0.25) is 0 Å². The van der Waals surface area contributed by atoms with E-state index in [0.717, 1.165) is 18.5 Å². The van der Waals surface area contributed by atoms with Crippen LogP contribution >= 0.6 is 0 Å². The molecule has 0 aliphatic heterocycles. The number of ether oxygens (including phenoxy) is 1. The molecule has 0 heterocycles. The molecule has 0 aromatic heterocycles. The van der Waals surface area contributed by atoms with Gasteiger partial charge in [0.15, 0.2) is 11.4 Å². The summed E-state index contributed by atoms with van der Waals surface area (Å²) in [5.74, 6) is 0.622. The fourth-order valence-corrected chi connectivity index (χ4v) is 1.66. The molecule has 0 atom stereocenters. The number of hydrogen-bond donors (Lipinski definition) is 1. The summed E-state index contributed by atoms with van der Waals surface area (Å²) in [6, 6.07) is 14.5. The van der Waals surface area contributed by atoms with E-state index in [9.17, 15) is 5.11 Å². The van der Waals surface area contributed by atoms with Crippen LogP contribution in [-0.4, -0.2) is 11.7 Å². The molecule has 0 amide bonds. The highest BCUT2D eigenvalue weighted by Gasteiger charge is 2.08. The summed E-state index contributed by atoms with van der Waals surface area (Å²) in [5.41, 5.74) is 1.10. The van der Waals surface area contributed by atoms with Gasteiger partial charge in [-0.25, -0.2) is 0 Å². The molecule has 2 rings (SSSR count). The van der Waals surface area contributed by atoms with E-state index in [2.05, 4.69) is 17.2 Å². The molecule has 0 bridgehead atoms. The molecule has 0 saturated carbocycles. The molecule has 1 N–H and O–H groups in total. The first-order valence-corrected chi connectivity index (χ1v) is 6.73. The third-order valence-electron chi connectivity index (χ3n) is 2.75. The fraction of sp³-hybridized carbons (Fsp3) is 0.250. The van der Waals surface area contributed by atoms with Gasteiger partial charge in [-0.05, 0) is 30.7 Å². The molecule has 104 valence electrons. The molecule has 4 nitrogen and oxygen atoms in total. The molecule has 2 aromatic carbocycles. The largest absolute Gasteiger partial charge is 0.505 e. The quantitative estimate of drug-likeness (QED) is 0.594. The monoisotopic (exact) mass is 270 g/mol. The van der Waals surface area contributed by atoms with E-state index in [-0.39, 0.29) is 5.75 Å². The molecule has 0 aliphatic carbocycles. The molecule has 0 unspecified atom stereocenters. The summed E-state index contributed by atoms with van der Waals surface area (Å²) in [7, 11) is 0. The third kappa shape index (κ3) is 3.82. The normalized spacial score (nSPS) is 10.8. The average Bonchev–Trinajstić information content (AvgIpc) is 2.48. The topological polar surface area (TPSA) is 54.2 Å². The van der Waals surface area contributed by atoms with Crippen LogP contribution in [0.15, 0.2) is 58.8 Å². The second kappa shape index (κ2) is 7.28. The highest BCUT2D eigenvalue weighted by Crippen LogP contribution is 2.37. The van der Waals surface area contributed by atoms with Crippen molar-refractivity contribution in [1.82, 2.24) is 0 Å². The van der Waals surface area contributed by atoms with Crippen molar-refractivity contribution in [3.8, 4) is 11.5 Å². The van der Waals surface area contributed by atoms with Crippen molar-refractivity contribution in [2.24, 2.45) is 10.2 Å². The SMILES string of the molecule is CCCCOc1cccc(O)c1N=Nc1ccccc1. The van der Waals surface area contributed by atoms with E-state index in [1.54, 1.807) is 18.2 Å². The van der Waals surface area contributed by atoms with E-state index in [1.807, 2.05) is 30.3 Å². The second-order valence-corrected chi connectivity index (χ2v) is 4.36. The van der Waals surface area contributed by atoms with Gasteiger partial charge in [0, 0.05) is 0 Å². The van der Waals surface area contributed by atoms with E-state index in [1.165, 1.54) is 0 Å². The average molecular weight is 270 g/mol. The Bertz CT molecular complexity index is 568.